The van der Waals surface area contributed by atoms with E-state index in [9.17, 15) is 13.2 Å². The van der Waals surface area contributed by atoms with E-state index in [1.165, 1.54) is 36.4 Å². The lowest BCUT2D eigenvalue weighted by atomic mass is 10.0. The van der Waals surface area contributed by atoms with Crippen LogP contribution < -0.4 is 10.1 Å². The maximum atomic E-state index is 12.7. The minimum atomic E-state index is -3.71. The van der Waals surface area contributed by atoms with Crippen LogP contribution in [-0.4, -0.2) is 25.0 Å². The molecule has 4 aromatic rings. The van der Waals surface area contributed by atoms with Crippen LogP contribution in [0.2, 0.25) is 0 Å². The van der Waals surface area contributed by atoms with Crippen LogP contribution in [0.5, 0.6) is 0 Å². The standard InChI is InChI=1S/C25H20N4O3S/c30-25(28-27-24(19-7-3-1-4-8-19)20-15-17-26-18-16-20)21-11-13-22(14-12-21)29-33(31,32)23-9-5-2-6-10-23/h1-18,29H,(H,28,30)/b27-24-. The maximum absolute atomic E-state index is 12.7. The van der Waals surface area contributed by atoms with E-state index in [0.717, 1.165) is 11.1 Å². The summed E-state index contributed by atoms with van der Waals surface area (Å²) in [6.07, 6.45) is 3.32. The Kier molecular flexibility index (Phi) is 6.56. The number of pyridine rings is 1. The number of hydrazone groups is 1. The third kappa shape index (κ3) is 5.50. The van der Waals surface area contributed by atoms with Gasteiger partial charge in [-0.05, 0) is 48.5 Å². The van der Waals surface area contributed by atoms with E-state index in [-0.39, 0.29) is 4.90 Å². The molecule has 164 valence electrons. The van der Waals surface area contributed by atoms with E-state index < -0.39 is 15.9 Å². The fourth-order valence-electron chi connectivity index (χ4n) is 3.08. The molecule has 0 spiro atoms. The summed E-state index contributed by atoms with van der Waals surface area (Å²) in [5.41, 5.74) is 5.51. The van der Waals surface area contributed by atoms with Crippen molar-refractivity contribution in [3.63, 3.8) is 0 Å². The second-order valence-corrected chi connectivity index (χ2v) is 8.68. The summed E-state index contributed by atoms with van der Waals surface area (Å²) < 4.78 is 27.4. The number of nitrogens with one attached hydrogen (secondary N) is 2. The zero-order valence-corrected chi connectivity index (χ0v) is 18.2. The molecular weight excluding hydrogens is 436 g/mol. The second-order valence-electron chi connectivity index (χ2n) is 7.00. The van der Waals surface area contributed by atoms with Gasteiger partial charge in [0.15, 0.2) is 0 Å². The van der Waals surface area contributed by atoms with E-state index in [0.29, 0.717) is 17.0 Å². The Labute approximate surface area is 191 Å². The van der Waals surface area contributed by atoms with Crippen LogP contribution in [0.1, 0.15) is 21.5 Å². The molecule has 0 bridgehead atoms. The number of anilines is 1. The van der Waals surface area contributed by atoms with Crippen LogP contribution >= 0.6 is 0 Å². The largest absolute Gasteiger partial charge is 0.280 e. The lowest BCUT2D eigenvalue weighted by Crippen LogP contribution is -2.20. The summed E-state index contributed by atoms with van der Waals surface area (Å²) in [7, 11) is -3.71. The van der Waals surface area contributed by atoms with Gasteiger partial charge >= 0.3 is 0 Å². The van der Waals surface area contributed by atoms with Gasteiger partial charge in [0.1, 0.15) is 0 Å². The normalized spacial score (nSPS) is 11.6. The number of hydrogen-bond donors (Lipinski definition) is 2. The Bertz CT molecular complexity index is 1320. The molecule has 0 atom stereocenters. The van der Waals surface area contributed by atoms with Crippen LogP contribution in [-0.2, 0) is 10.0 Å². The Morgan fingerprint density at radius 2 is 1.27 bits per heavy atom. The number of carbonyl (C=O) groups excluding carboxylic acids is 1. The van der Waals surface area contributed by atoms with E-state index in [1.807, 2.05) is 42.5 Å². The molecule has 8 heteroatoms. The highest BCUT2D eigenvalue weighted by molar-refractivity contribution is 7.92. The van der Waals surface area contributed by atoms with Crippen molar-refractivity contribution in [2.75, 3.05) is 4.72 Å². The Morgan fingerprint density at radius 3 is 1.91 bits per heavy atom. The van der Waals surface area contributed by atoms with Crippen LogP contribution in [0.3, 0.4) is 0 Å². The van der Waals surface area contributed by atoms with E-state index >= 15 is 0 Å². The van der Waals surface area contributed by atoms with E-state index in [1.54, 1.807) is 30.6 Å². The molecule has 0 aliphatic heterocycles. The minimum absolute atomic E-state index is 0.158. The molecule has 1 aromatic heterocycles. The highest BCUT2D eigenvalue weighted by atomic mass is 32.2. The average Bonchev–Trinajstić information content (AvgIpc) is 2.86. The first-order chi connectivity index (χ1) is 16.0. The molecule has 1 heterocycles. The summed E-state index contributed by atoms with van der Waals surface area (Å²) in [5.74, 6) is -0.421. The van der Waals surface area contributed by atoms with E-state index in [4.69, 9.17) is 0 Å². The fraction of sp³-hybridized carbons (Fsp3) is 0. The van der Waals surface area contributed by atoms with Crippen molar-refractivity contribution < 1.29 is 13.2 Å². The molecule has 0 saturated carbocycles. The Morgan fingerprint density at radius 1 is 0.697 bits per heavy atom. The van der Waals surface area contributed by atoms with Crippen molar-refractivity contribution in [1.82, 2.24) is 10.4 Å². The van der Waals surface area contributed by atoms with Gasteiger partial charge in [0, 0.05) is 34.8 Å². The molecule has 0 aliphatic rings. The smallest absolute Gasteiger partial charge is 0.271 e. The Hall–Kier alpha value is -4.30. The average molecular weight is 457 g/mol. The number of carbonyl (C=O) groups is 1. The molecule has 7 nitrogen and oxygen atoms in total. The van der Waals surface area contributed by atoms with E-state index in [2.05, 4.69) is 20.2 Å². The van der Waals surface area contributed by atoms with Gasteiger partial charge in [-0.1, -0.05) is 48.5 Å². The molecular formula is C25H20N4O3S. The summed E-state index contributed by atoms with van der Waals surface area (Å²) in [6.45, 7) is 0. The van der Waals surface area contributed by atoms with Crippen molar-refractivity contribution in [3.05, 3.63) is 126 Å². The minimum Gasteiger partial charge on any atom is -0.280 e. The Balaban J connectivity index is 1.50. The van der Waals surface area contributed by atoms with Gasteiger partial charge in [0.25, 0.3) is 15.9 Å². The zero-order chi connectivity index (χ0) is 23.1. The molecule has 0 fully saturated rings. The lowest BCUT2D eigenvalue weighted by molar-refractivity contribution is 0.0955. The highest BCUT2D eigenvalue weighted by Crippen LogP contribution is 2.17. The molecule has 0 radical (unpaired) electrons. The van der Waals surface area contributed by atoms with Crippen molar-refractivity contribution in [2.24, 2.45) is 5.10 Å². The van der Waals surface area contributed by atoms with Gasteiger partial charge in [-0.2, -0.15) is 5.10 Å². The maximum Gasteiger partial charge on any atom is 0.271 e. The molecule has 1 amide bonds. The van der Waals surface area contributed by atoms with Crippen LogP contribution in [0.15, 0.2) is 119 Å². The van der Waals surface area contributed by atoms with Crippen molar-refractivity contribution in [1.29, 1.82) is 0 Å². The molecule has 4 rings (SSSR count). The molecule has 3 aromatic carbocycles. The van der Waals surface area contributed by atoms with Crippen molar-refractivity contribution in [2.45, 2.75) is 4.90 Å². The van der Waals surface area contributed by atoms with Gasteiger partial charge in [-0.15, -0.1) is 0 Å². The van der Waals surface area contributed by atoms with Crippen molar-refractivity contribution >= 4 is 27.3 Å². The first kappa shape index (κ1) is 21.9. The quantitative estimate of drug-likeness (QED) is 0.323. The SMILES string of the molecule is O=C(N/N=C(/c1ccccc1)c1ccncc1)c1ccc(NS(=O)(=O)c2ccccc2)cc1. The summed E-state index contributed by atoms with van der Waals surface area (Å²) in [6, 6.07) is 27.3. The molecule has 0 unspecified atom stereocenters. The van der Waals surface area contributed by atoms with Crippen LogP contribution in [0.4, 0.5) is 5.69 Å². The van der Waals surface area contributed by atoms with Gasteiger partial charge < -0.3 is 0 Å². The third-order valence-corrected chi connectivity index (χ3v) is 6.12. The third-order valence-electron chi connectivity index (χ3n) is 4.72. The fourth-order valence-corrected chi connectivity index (χ4v) is 4.16. The summed E-state index contributed by atoms with van der Waals surface area (Å²) in [4.78, 5) is 16.8. The van der Waals surface area contributed by atoms with Gasteiger partial charge in [-0.3, -0.25) is 14.5 Å². The van der Waals surface area contributed by atoms with Gasteiger partial charge in [0.05, 0.1) is 10.6 Å². The predicted molar refractivity (Wildman–Crippen MR) is 127 cm³/mol. The molecule has 0 aliphatic carbocycles. The second kappa shape index (κ2) is 9.88. The topological polar surface area (TPSA) is 101 Å². The monoisotopic (exact) mass is 456 g/mol. The van der Waals surface area contributed by atoms with Gasteiger partial charge in [0.2, 0.25) is 0 Å². The number of benzene rings is 3. The lowest BCUT2D eigenvalue weighted by Gasteiger charge is -2.09. The van der Waals surface area contributed by atoms with Crippen LogP contribution in [0.25, 0.3) is 0 Å². The number of sulfonamides is 1. The first-order valence-electron chi connectivity index (χ1n) is 10.0. The summed E-state index contributed by atoms with van der Waals surface area (Å²) in [5, 5.41) is 4.34. The number of hydrogen-bond acceptors (Lipinski definition) is 5. The zero-order valence-electron chi connectivity index (χ0n) is 17.4. The molecule has 2 N–H and O–H groups in total. The molecule has 33 heavy (non-hydrogen) atoms. The summed E-state index contributed by atoms with van der Waals surface area (Å²) >= 11 is 0. The molecule has 0 saturated heterocycles. The number of rotatable bonds is 7. The highest BCUT2D eigenvalue weighted by Gasteiger charge is 2.14. The van der Waals surface area contributed by atoms with Crippen molar-refractivity contribution in [3.8, 4) is 0 Å². The van der Waals surface area contributed by atoms with Crippen LogP contribution in [0, 0.1) is 0 Å². The first-order valence-corrected chi connectivity index (χ1v) is 11.5. The van der Waals surface area contributed by atoms with Gasteiger partial charge in [-0.25, -0.2) is 13.8 Å². The predicted octanol–water partition coefficient (Wildman–Crippen LogP) is 4.06. The number of amides is 1. The number of aromatic nitrogens is 1. The number of nitrogens with zero attached hydrogens (tertiary/aromatic N) is 2.